The van der Waals surface area contributed by atoms with Gasteiger partial charge in [0.05, 0.1) is 32.3 Å². The Kier molecular flexibility index (Phi) is 7.64. The summed E-state index contributed by atoms with van der Waals surface area (Å²) in [7, 11) is 1.05. The highest BCUT2D eigenvalue weighted by Crippen LogP contribution is 2.72. The number of rotatable bonds is 5. The largest absolute Gasteiger partial charge is 0.467 e. The van der Waals surface area contributed by atoms with E-state index in [0.29, 0.717) is 0 Å². The van der Waals surface area contributed by atoms with E-state index in [4.69, 9.17) is 28.4 Å². The van der Waals surface area contributed by atoms with Crippen LogP contribution in [0.1, 0.15) is 27.2 Å². The molecule has 2 unspecified atom stereocenters. The molecule has 6 rings (SSSR count). The molecule has 0 amide bonds. The van der Waals surface area contributed by atoms with E-state index in [-0.39, 0.29) is 18.8 Å². The first kappa shape index (κ1) is 32.2. The van der Waals surface area contributed by atoms with Gasteiger partial charge in [0.2, 0.25) is 18.0 Å². The molecule has 16 heteroatoms. The average Bonchev–Trinajstić information content (AvgIpc) is 3.30. The highest BCUT2D eigenvalue weighted by molar-refractivity contribution is 5.96. The number of allylic oxidation sites excluding steroid dienone is 2. The molecule has 3 aliphatic heterocycles. The predicted octanol–water partition coefficient (Wildman–Crippen LogP) is -3.31. The van der Waals surface area contributed by atoms with Crippen molar-refractivity contribution >= 4 is 23.7 Å². The number of fused-ring (bicyclic) bond motifs is 2. The second-order valence-corrected chi connectivity index (χ2v) is 13.2. The van der Waals surface area contributed by atoms with Crippen LogP contribution in [-0.4, -0.2) is 135 Å². The van der Waals surface area contributed by atoms with Crippen LogP contribution in [0.2, 0.25) is 0 Å². The van der Waals surface area contributed by atoms with Gasteiger partial charge < -0.3 is 59.1 Å². The van der Waals surface area contributed by atoms with E-state index in [1.165, 1.54) is 6.08 Å². The summed E-state index contributed by atoms with van der Waals surface area (Å²) >= 11 is 0. The van der Waals surface area contributed by atoms with Crippen LogP contribution in [-0.2, 0) is 47.6 Å². The molecule has 16 atom stereocenters. The molecule has 45 heavy (non-hydrogen) atoms. The lowest BCUT2D eigenvalue weighted by Gasteiger charge is -2.67. The fourth-order valence-electron chi connectivity index (χ4n) is 9.36. The van der Waals surface area contributed by atoms with Crippen molar-refractivity contribution in [2.45, 2.75) is 87.9 Å². The van der Waals surface area contributed by atoms with E-state index in [0.717, 1.165) is 14.0 Å². The number of hydrogen-bond donors (Lipinski definition) is 6. The van der Waals surface area contributed by atoms with E-state index in [1.807, 2.05) is 0 Å². The van der Waals surface area contributed by atoms with Crippen molar-refractivity contribution in [2.75, 3.05) is 20.3 Å². The van der Waals surface area contributed by atoms with Gasteiger partial charge in [-0.1, -0.05) is 13.8 Å². The van der Waals surface area contributed by atoms with Crippen LogP contribution >= 0.6 is 0 Å². The molecule has 2 bridgehead atoms. The summed E-state index contributed by atoms with van der Waals surface area (Å²) in [5.41, 5.74) is -5.00. The molecule has 0 aromatic rings. The Morgan fingerprint density at radius 2 is 1.73 bits per heavy atom. The third-order valence-electron chi connectivity index (χ3n) is 11.2. The molecule has 2 saturated carbocycles. The van der Waals surface area contributed by atoms with Crippen LogP contribution in [0.4, 0.5) is 0 Å². The maximum absolute atomic E-state index is 13.7. The number of aliphatic hydroxyl groups excluding tert-OH is 6. The van der Waals surface area contributed by atoms with Crippen molar-refractivity contribution in [3.05, 3.63) is 11.8 Å². The third-order valence-corrected chi connectivity index (χ3v) is 11.2. The van der Waals surface area contributed by atoms with Gasteiger partial charge in [0.25, 0.3) is 0 Å². The summed E-state index contributed by atoms with van der Waals surface area (Å²) in [6.07, 6.45) is -13.2. The Labute approximate surface area is 256 Å². The number of aliphatic hydroxyl groups is 6. The van der Waals surface area contributed by atoms with Gasteiger partial charge in [0.15, 0.2) is 11.5 Å². The molecular weight excluding hydrogens is 604 g/mol. The van der Waals surface area contributed by atoms with Crippen molar-refractivity contribution in [1.29, 1.82) is 0 Å². The number of ether oxygens (including phenoxy) is 6. The molecule has 5 fully saturated rings. The van der Waals surface area contributed by atoms with Crippen molar-refractivity contribution in [2.24, 2.45) is 34.5 Å². The SMILES string of the molecule is COC(=O)C12OC[C@]34[C@H]([C@@H](O)[C@@H]1O)[C@@]1(C)C=C(O[C@@H]5O[C@H](CO)[C@@H](O)[C@H](O)[C@H]5O)C(=O)C(C)[C@@H]1C[C@H]3OC(=O)[C@H](OC(C)=O)[C@@H]24. The molecular formula is C29H38O16. The average molecular weight is 643 g/mol. The number of Topliss-reactive ketones (excluding diaryl/α,β-unsaturated/α-hetero) is 1. The lowest BCUT2D eigenvalue weighted by Crippen LogP contribution is -2.79. The molecule has 3 aliphatic carbocycles. The number of esters is 3. The standard InChI is InChI=1S/C29H38O16/c1-9-11-5-14-28-8-41-29(26(39)40-4,22(28)20(24(38)45-14)42-10(2)31)23(37)19(36)21(28)27(11,3)6-12(15(9)32)43-25-18(35)17(34)16(33)13(7-30)44-25/h6,9,11,13-14,16-23,25,30,33-37H,5,7-8H2,1-4H3/t9?,11-,13+,14+,16+,17-,18+,19+,20+,21+,22+,23-,25+,27-,28+,29?/m0/s1. The lowest BCUT2D eigenvalue weighted by atomic mass is 9.38. The van der Waals surface area contributed by atoms with E-state index < -0.39 is 126 Å². The van der Waals surface area contributed by atoms with Crippen molar-refractivity contribution < 1.29 is 78.2 Å². The van der Waals surface area contributed by atoms with Crippen molar-refractivity contribution in [3.63, 3.8) is 0 Å². The van der Waals surface area contributed by atoms with E-state index in [1.54, 1.807) is 13.8 Å². The van der Waals surface area contributed by atoms with Crippen LogP contribution in [0, 0.1) is 34.5 Å². The Hall–Kier alpha value is -2.70. The molecule has 3 saturated heterocycles. The second kappa shape index (κ2) is 10.7. The van der Waals surface area contributed by atoms with Gasteiger partial charge in [0.1, 0.15) is 36.6 Å². The quantitative estimate of drug-likeness (QED) is 0.127. The van der Waals surface area contributed by atoms with Gasteiger partial charge in [-0.05, 0) is 23.8 Å². The minimum atomic E-state index is -2.30. The molecule has 3 heterocycles. The minimum Gasteiger partial charge on any atom is -0.467 e. The number of ketones is 1. The van der Waals surface area contributed by atoms with Gasteiger partial charge in [-0.2, -0.15) is 0 Å². The highest BCUT2D eigenvalue weighted by atomic mass is 16.7. The van der Waals surface area contributed by atoms with E-state index in [9.17, 15) is 49.8 Å². The number of carbonyl (C=O) groups is 4. The lowest BCUT2D eigenvalue weighted by molar-refractivity contribution is -0.296. The summed E-state index contributed by atoms with van der Waals surface area (Å²) in [5, 5.41) is 64.2. The molecule has 0 aromatic carbocycles. The summed E-state index contributed by atoms with van der Waals surface area (Å²) < 4.78 is 33.6. The molecule has 6 N–H and O–H groups in total. The summed E-state index contributed by atoms with van der Waals surface area (Å²) in [4.78, 5) is 52.7. The minimum absolute atomic E-state index is 0.0577. The van der Waals surface area contributed by atoms with Gasteiger partial charge in [-0.15, -0.1) is 0 Å². The Morgan fingerprint density at radius 3 is 2.36 bits per heavy atom. The first-order valence-corrected chi connectivity index (χ1v) is 14.8. The van der Waals surface area contributed by atoms with Crippen LogP contribution in [0.3, 0.4) is 0 Å². The molecule has 1 spiro atoms. The molecule has 6 aliphatic rings. The van der Waals surface area contributed by atoms with Gasteiger partial charge in [-0.3, -0.25) is 9.59 Å². The monoisotopic (exact) mass is 642 g/mol. The first-order chi connectivity index (χ1) is 21.1. The zero-order valence-corrected chi connectivity index (χ0v) is 25.0. The van der Waals surface area contributed by atoms with E-state index >= 15 is 0 Å². The van der Waals surface area contributed by atoms with Crippen molar-refractivity contribution in [3.8, 4) is 0 Å². The first-order valence-electron chi connectivity index (χ1n) is 14.8. The molecule has 0 radical (unpaired) electrons. The topological polar surface area (TPSA) is 245 Å². The van der Waals surface area contributed by atoms with Crippen LogP contribution in [0.25, 0.3) is 0 Å². The van der Waals surface area contributed by atoms with Gasteiger partial charge in [-0.25, -0.2) is 9.59 Å². The fraction of sp³-hybridized carbons (Fsp3) is 0.793. The number of hydrogen-bond acceptors (Lipinski definition) is 16. The Morgan fingerprint density at radius 1 is 1.04 bits per heavy atom. The predicted molar refractivity (Wildman–Crippen MR) is 141 cm³/mol. The van der Waals surface area contributed by atoms with Crippen LogP contribution in [0.5, 0.6) is 0 Å². The summed E-state index contributed by atoms with van der Waals surface area (Å²) in [5.74, 6) is -7.70. The van der Waals surface area contributed by atoms with Gasteiger partial charge in [0, 0.05) is 24.2 Å². The Balaban J connectivity index is 1.49. The zero-order chi connectivity index (χ0) is 33.0. The third kappa shape index (κ3) is 4.06. The zero-order valence-electron chi connectivity index (χ0n) is 25.0. The smallest absolute Gasteiger partial charge is 0.348 e. The van der Waals surface area contributed by atoms with Crippen molar-refractivity contribution in [1.82, 2.24) is 0 Å². The van der Waals surface area contributed by atoms with Crippen LogP contribution in [0.15, 0.2) is 11.8 Å². The summed E-state index contributed by atoms with van der Waals surface area (Å²) in [6.45, 7) is 3.33. The summed E-state index contributed by atoms with van der Waals surface area (Å²) in [6, 6.07) is 0. The normalized spacial score (nSPS) is 51.7. The Bertz CT molecular complexity index is 1310. The fourth-order valence-corrected chi connectivity index (χ4v) is 9.36. The second-order valence-electron chi connectivity index (χ2n) is 13.2. The maximum Gasteiger partial charge on any atom is 0.348 e. The number of carbonyl (C=O) groups excluding carboxylic acids is 4. The van der Waals surface area contributed by atoms with Crippen LogP contribution < -0.4 is 0 Å². The maximum atomic E-state index is 13.7. The van der Waals surface area contributed by atoms with Gasteiger partial charge >= 0.3 is 17.9 Å². The van der Waals surface area contributed by atoms with E-state index in [2.05, 4.69) is 0 Å². The molecule has 0 aromatic heterocycles. The highest BCUT2D eigenvalue weighted by Gasteiger charge is 2.85. The number of methoxy groups -OCH3 is 1. The molecule has 16 nitrogen and oxygen atoms in total. The molecule has 250 valence electrons.